The van der Waals surface area contributed by atoms with Crippen molar-refractivity contribution in [1.82, 2.24) is 5.32 Å². The largest absolute Gasteiger partial charge is 0.493 e. The van der Waals surface area contributed by atoms with E-state index in [9.17, 15) is 9.59 Å². The molecule has 0 unspecified atom stereocenters. The summed E-state index contributed by atoms with van der Waals surface area (Å²) in [6, 6.07) is 11.2. The van der Waals surface area contributed by atoms with Gasteiger partial charge < -0.3 is 19.5 Å². The molecule has 0 radical (unpaired) electrons. The number of ether oxygens (including phenoxy) is 3. The van der Waals surface area contributed by atoms with Gasteiger partial charge in [-0.25, -0.2) is 0 Å². The minimum atomic E-state index is -0.561. The zero-order valence-electron chi connectivity index (χ0n) is 19.5. The molecule has 0 aromatic heterocycles. The maximum atomic E-state index is 13.7. The average molecular weight is 446 g/mol. The molecular formula is C27H27NO5. The first kappa shape index (κ1) is 21.3. The van der Waals surface area contributed by atoms with Gasteiger partial charge in [0.05, 0.1) is 27.0 Å². The van der Waals surface area contributed by atoms with Crippen molar-refractivity contribution in [3.05, 3.63) is 69.9 Å². The molecule has 2 aromatic carbocycles. The Morgan fingerprint density at radius 1 is 0.848 bits per heavy atom. The predicted molar refractivity (Wildman–Crippen MR) is 125 cm³/mol. The highest BCUT2D eigenvalue weighted by Gasteiger charge is 2.47. The molecular weight excluding hydrogens is 418 g/mol. The summed E-state index contributed by atoms with van der Waals surface area (Å²) >= 11 is 0. The number of dihydropyridines is 1. The van der Waals surface area contributed by atoms with Crippen LogP contribution < -0.4 is 19.5 Å². The normalized spacial score (nSPS) is 20.7. The van der Waals surface area contributed by atoms with E-state index in [4.69, 9.17) is 14.2 Å². The molecule has 6 nitrogen and oxygen atoms in total. The lowest BCUT2D eigenvalue weighted by atomic mass is 9.68. The molecule has 6 heteroatoms. The second-order valence-electron chi connectivity index (χ2n) is 9.48. The van der Waals surface area contributed by atoms with Gasteiger partial charge in [0.15, 0.2) is 23.1 Å². The number of hydrogen-bond acceptors (Lipinski definition) is 6. The van der Waals surface area contributed by atoms with Crippen LogP contribution in [0.5, 0.6) is 17.2 Å². The van der Waals surface area contributed by atoms with Gasteiger partial charge in [0.2, 0.25) is 5.75 Å². The summed E-state index contributed by atoms with van der Waals surface area (Å²) in [6.07, 6.45) is 1.14. The van der Waals surface area contributed by atoms with Gasteiger partial charge in [-0.3, -0.25) is 9.59 Å². The van der Waals surface area contributed by atoms with Crippen LogP contribution in [0.1, 0.15) is 54.1 Å². The first-order valence-corrected chi connectivity index (χ1v) is 11.0. The van der Waals surface area contributed by atoms with E-state index in [-0.39, 0.29) is 17.0 Å². The number of fused-ring (bicyclic) bond motifs is 2. The Morgan fingerprint density at radius 2 is 1.55 bits per heavy atom. The van der Waals surface area contributed by atoms with E-state index in [1.807, 2.05) is 30.3 Å². The van der Waals surface area contributed by atoms with Crippen LogP contribution in [0.25, 0.3) is 5.70 Å². The number of carbonyl (C=O) groups excluding carboxylic acids is 2. The van der Waals surface area contributed by atoms with Gasteiger partial charge in [0.1, 0.15) is 0 Å². The van der Waals surface area contributed by atoms with Gasteiger partial charge in [-0.15, -0.1) is 0 Å². The summed E-state index contributed by atoms with van der Waals surface area (Å²) in [5.41, 5.74) is 4.92. The number of methoxy groups -OCH3 is 3. The van der Waals surface area contributed by atoms with Crippen molar-refractivity contribution < 1.29 is 23.8 Å². The van der Waals surface area contributed by atoms with Gasteiger partial charge in [0, 0.05) is 45.9 Å². The fourth-order valence-electron chi connectivity index (χ4n) is 5.45. The number of carbonyl (C=O) groups is 2. The number of rotatable bonds is 4. The molecule has 2 aromatic rings. The topological polar surface area (TPSA) is 73.9 Å². The molecule has 0 saturated carbocycles. The number of allylic oxidation sites excluding steroid dienone is 3. The molecule has 5 rings (SSSR count). The summed E-state index contributed by atoms with van der Waals surface area (Å²) in [4.78, 5) is 27.2. The zero-order chi connectivity index (χ0) is 23.5. The minimum Gasteiger partial charge on any atom is -0.493 e. The molecule has 3 aliphatic rings. The molecule has 0 amide bonds. The average Bonchev–Trinajstić information content (AvgIpc) is 3.07. The van der Waals surface area contributed by atoms with E-state index in [2.05, 4.69) is 19.2 Å². The smallest absolute Gasteiger partial charge is 0.203 e. The lowest BCUT2D eigenvalue weighted by molar-refractivity contribution is -0.118. The van der Waals surface area contributed by atoms with E-state index in [1.165, 1.54) is 0 Å². The summed E-state index contributed by atoms with van der Waals surface area (Å²) in [5.74, 6) is 0.836. The number of Topliss-reactive ketones (excluding diaryl/α,β-unsaturated/α-hetero) is 2. The van der Waals surface area contributed by atoms with Crippen LogP contribution >= 0.6 is 0 Å². The molecule has 170 valence electrons. The fraction of sp³-hybridized carbons (Fsp3) is 0.333. The van der Waals surface area contributed by atoms with Gasteiger partial charge in [-0.05, 0) is 17.9 Å². The van der Waals surface area contributed by atoms with Crippen molar-refractivity contribution in [2.24, 2.45) is 5.41 Å². The quantitative estimate of drug-likeness (QED) is 0.739. The van der Waals surface area contributed by atoms with Gasteiger partial charge >= 0.3 is 0 Å². The van der Waals surface area contributed by atoms with E-state index in [1.54, 1.807) is 27.4 Å². The van der Waals surface area contributed by atoms with Crippen LogP contribution in [-0.4, -0.2) is 32.9 Å². The van der Waals surface area contributed by atoms with E-state index in [0.29, 0.717) is 52.4 Å². The highest BCUT2D eigenvalue weighted by molar-refractivity contribution is 6.23. The molecule has 0 bridgehead atoms. The van der Waals surface area contributed by atoms with Gasteiger partial charge in [-0.1, -0.05) is 44.2 Å². The molecule has 0 saturated heterocycles. The first-order valence-electron chi connectivity index (χ1n) is 11.0. The number of nitrogens with one attached hydrogen (secondary N) is 1. The Labute approximate surface area is 193 Å². The van der Waals surface area contributed by atoms with Crippen molar-refractivity contribution in [2.45, 2.75) is 32.6 Å². The Bertz CT molecular complexity index is 1270. The first-order chi connectivity index (χ1) is 15.8. The molecule has 1 atom stereocenters. The Kier molecular flexibility index (Phi) is 4.85. The molecule has 0 fully saturated rings. The third-order valence-electron chi connectivity index (χ3n) is 6.77. The Hall–Kier alpha value is -3.54. The second kappa shape index (κ2) is 7.51. The second-order valence-corrected chi connectivity index (χ2v) is 9.48. The third-order valence-corrected chi connectivity index (χ3v) is 6.77. The third kappa shape index (κ3) is 3.08. The van der Waals surface area contributed by atoms with Gasteiger partial charge in [-0.2, -0.15) is 0 Å². The summed E-state index contributed by atoms with van der Waals surface area (Å²) in [6.45, 7) is 4.19. The molecule has 2 aliphatic carbocycles. The summed E-state index contributed by atoms with van der Waals surface area (Å²) in [7, 11) is 4.67. The van der Waals surface area contributed by atoms with Crippen molar-refractivity contribution in [1.29, 1.82) is 0 Å². The Balaban J connectivity index is 1.80. The monoisotopic (exact) mass is 445 g/mol. The number of ketones is 2. The van der Waals surface area contributed by atoms with Crippen molar-refractivity contribution >= 4 is 17.3 Å². The van der Waals surface area contributed by atoms with Crippen LogP contribution in [-0.2, 0) is 4.79 Å². The highest BCUT2D eigenvalue weighted by Crippen LogP contribution is 2.54. The van der Waals surface area contributed by atoms with E-state index < -0.39 is 5.92 Å². The van der Waals surface area contributed by atoms with Crippen LogP contribution in [0.4, 0.5) is 0 Å². The van der Waals surface area contributed by atoms with E-state index >= 15 is 0 Å². The standard InChI is InChI=1S/C27H27NO5/c1-27(2)12-17-21(18(29)13-27)20(16-10-11-19(31-3)26(33-5)25(16)32-4)22-23(28-17)14-8-6-7-9-15(14)24(22)30/h6-11,20,28H,12-13H2,1-5H3/t20-/m1/s1. The van der Waals surface area contributed by atoms with E-state index in [0.717, 1.165) is 17.0 Å². The molecule has 1 N–H and O–H groups in total. The van der Waals surface area contributed by atoms with Crippen LogP contribution in [0, 0.1) is 5.41 Å². The summed E-state index contributed by atoms with van der Waals surface area (Å²) in [5, 5.41) is 3.50. The number of hydrogen-bond donors (Lipinski definition) is 1. The van der Waals surface area contributed by atoms with Crippen molar-refractivity contribution in [2.75, 3.05) is 21.3 Å². The molecule has 0 spiro atoms. The van der Waals surface area contributed by atoms with Gasteiger partial charge in [0.25, 0.3) is 0 Å². The molecule has 1 heterocycles. The zero-order valence-corrected chi connectivity index (χ0v) is 19.5. The number of benzene rings is 2. The van der Waals surface area contributed by atoms with Crippen LogP contribution in [0.15, 0.2) is 53.2 Å². The minimum absolute atomic E-state index is 0.0471. The molecule has 33 heavy (non-hydrogen) atoms. The maximum Gasteiger partial charge on any atom is 0.203 e. The van der Waals surface area contributed by atoms with Crippen LogP contribution in [0.3, 0.4) is 0 Å². The predicted octanol–water partition coefficient (Wildman–Crippen LogP) is 4.65. The lowest BCUT2D eigenvalue weighted by Crippen LogP contribution is -2.37. The van der Waals surface area contributed by atoms with Crippen molar-refractivity contribution in [3.8, 4) is 17.2 Å². The summed E-state index contributed by atoms with van der Waals surface area (Å²) < 4.78 is 16.9. The lowest BCUT2D eigenvalue weighted by Gasteiger charge is -2.39. The van der Waals surface area contributed by atoms with Crippen molar-refractivity contribution in [3.63, 3.8) is 0 Å². The van der Waals surface area contributed by atoms with Crippen LogP contribution in [0.2, 0.25) is 0 Å². The SMILES string of the molecule is COc1ccc([C@@H]2C3=C(CC(C)(C)CC3=O)NC3=C2C(=O)c2ccccc23)c(OC)c1OC. The highest BCUT2D eigenvalue weighted by atomic mass is 16.5. The molecule has 1 aliphatic heterocycles. The Morgan fingerprint density at radius 3 is 2.21 bits per heavy atom. The maximum absolute atomic E-state index is 13.7. The fourth-order valence-corrected chi connectivity index (χ4v) is 5.45.